The molecule has 6 aliphatic rings. The van der Waals surface area contributed by atoms with E-state index in [2.05, 4.69) is 129 Å². The van der Waals surface area contributed by atoms with Crippen LogP contribution in [0.1, 0.15) is 71.1 Å². The minimum Gasteiger partial charge on any atom is -0.399 e. The summed E-state index contributed by atoms with van der Waals surface area (Å²) in [6.07, 6.45) is 10.0. The molecular weight excluding hydrogens is 881 g/mol. The predicted molar refractivity (Wildman–Crippen MR) is 309 cm³/mol. The number of ether oxygens (including phenoxy) is 1. The molecule has 9 rings (SSSR count). The predicted octanol–water partition coefficient (Wildman–Crippen LogP) is 6.94. The summed E-state index contributed by atoms with van der Waals surface area (Å²) in [6.45, 7) is 19.1. The van der Waals surface area contributed by atoms with Crippen molar-refractivity contribution in [2.75, 3.05) is 207 Å². The molecule has 0 spiro atoms. The number of benzene rings is 3. The summed E-state index contributed by atoms with van der Waals surface area (Å²) in [7, 11) is 20.8. The summed E-state index contributed by atoms with van der Waals surface area (Å²) in [6, 6.07) is 21.3. The number of fused-ring (bicyclic) bond motifs is 3. The Bertz CT molecular complexity index is 2060. The van der Waals surface area contributed by atoms with Gasteiger partial charge in [-0.25, -0.2) is 0 Å². The van der Waals surface area contributed by atoms with Crippen LogP contribution in [0, 0.1) is 0 Å². The summed E-state index contributed by atoms with van der Waals surface area (Å²) in [5, 5.41) is 0. The van der Waals surface area contributed by atoms with E-state index >= 15 is 0 Å². The number of rotatable bonds is 16. The highest BCUT2D eigenvalue weighted by molar-refractivity contribution is 5.66. The monoisotopic (exact) mass is 988 g/mol. The molecule has 3 fully saturated rings. The fourth-order valence-corrected chi connectivity index (χ4v) is 11.5. The van der Waals surface area contributed by atoms with Crippen LogP contribution in [0.15, 0.2) is 54.6 Å². The zero-order valence-corrected chi connectivity index (χ0v) is 44.3. The van der Waals surface area contributed by atoms with Crippen LogP contribution in [0.25, 0.3) is 0 Å². The first-order valence-electron chi connectivity index (χ1n) is 26.4. The average molecular weight is 989 g/mol. The molecule has 0 amide bonds. The first-order valence-corrected chi connectivity index (χ1v) is 26.4. The molecule has 0 radical (unpaired) electrons. The average Bonchev–Trinajstić information content (AvgIpc) is 4.14. The molecule has 71 heavy (non-hydrogen) atoms. The van der Waals surface area contributed by atoms with E-state index in [0.717, 1.165) is 121 Å². The maximum absolute atomic E-state index is 5.94. The zero-order chi connectivity index (χ0) is 48.6. The summed E-state index contributed by atoms with van der Waals surface area (Å²) < 4.78 is 9.18. The zero-order valence-electron chi connectivity index (χ0n) is 44.3. The summed E-state index contributed by atoms with van der Waals surface area (Å²) in [5.41, 5.74) is 28.8. The van der Waals surface area contributed by atoms with E-state index < -0.39 is 0 Å². The number of hydrogen-bond acceptors (Lipinski definition) is 10. The van der Waals surface area contributed by atoms with Crippen LogP contribution in [0.2, 0.25) is 0 Å². The Morgan fingerprint density at radius 1 is 0.437 bits per heavy atom. The third-order valence-corrected chi connectivity index (χ3v) is 16.2. The number of nitrogens with two attached hydrogens (primary N) is 3. The van der Waals surface area contributed by atoms with Gasteiger partial charge in [0.1, 0.15) is 18.1 Å². The van der Waals surface area contributed by atoms with E-state index in [1.165, 1.54) is 125 Å². The number of piperidine rings is 1. The van der Waals surface area contributed by atoms with Gasteiger partial charge in [0.25, 0.3) is 0 Å². The summed E-state index contributed by atoms with van der Waals surface area (Å²) in [4.78, 5) is 15.3. The lowest BCUT2D eigenvalue weighted by molar-refractivity contribution is -0.896. The van der Waals surface area contributed by atoms with Gasteiger partial charge in [-0.1, -0.05) is 40.5 Å². The molecule has 402 valence electrons. The number of nitrogens with zero attached hydrogens (tertiary/aromatic N) is 9. The third kappa shape index (κ3) is 16.9. The second-order valence-electron chi connectivity index (χ2n) is 23.8. The van der Waals surface area contributed by atoms with Crippen molar-refractivity contribution >= 4 is 34.1 Å². The van der Waals surface area contributed by atoms with Crippen LogP contribution in [0.4, 0.5) is 34.1 Å². The van der Waals surface area contributed by atoms with E-state index in [-0.39, 0.29) is 22.3 Å². The van der Waals surface area contributed by atoms with Gasteiger partial charge in [-0.05, 0) is 91.7 Å². The number of hydrogen-bond donors (Lipinski definition) is 3. The van der Waals surface area contributed by atoms with Crippen molar-refractivity contribution in [2.45, 2.75) is 91.8 Å². The highest BCUT2D eigenvalue weighted by atomic mass is 16.5. The quantitative estimate of drug-likeness (QED) is 0.0795. The normalized spacial score (nSPS) is 21.3. The number of nitrogen functional groups attached to an aromatic ring is 3. The third-order valence-electron chi connectivity index (χ3n) is 16.2. The van der Waals surface area contributed by atoms with E-state index in [0.29, 0.717) is 0 Å². The van der Waals surface area contributed by atoms with Gasteiger partial charge in [-0.2, -0.15) is 0 Å². The maximum Gasteiger partial charge on any atom is 0.102 e. The molecule has 3 aromatic carbocycles. The topological polar surface area (TPSA) is 107 Å². The molecule has 3 aromatic rings. The lowest BCUT2D eigenvalue weighted by atomic mass is 10.0. The van der Waals surface area contributed by atoms with Crippen LogP contribution in [-0.2, 0) is 24.0 Å². The van der Waals surface area contributed by atoms with Gasteiger partial charge in [0.15, 0.2) is 0 Å². The smallest absolute Gasteiger partial charge is 0.102 e. The molecule has 3 unspecified atom stereocenters. The van der Waals surface area contributed by atoms with Crippen LogP contribution in [-0.4, -0.2) is 221 Å². The van der Waals surface area contributed by atoms with E-state index in [4.69, 9.17) is 21.9 Å². The molecule has 3 atom stereocenters. The molecule has 0 aromatic heterocycles. The van der Waals surface area contributed by atoms with Crippen molar-refractivity contribution in [3.05, 3.63) is 71.3 Å². The van der Waals surface area contributed by atoms with Gasteiger partial charge in [0.05, 0.1) is 96.3 Å². The Morgan fingerprint density at radius 3 is 1.25 bits per heavy atom. The SMILES string of the molecule is C.C.C.C[N+](C)(C)C1CCCN(CCOCCN2CCc3ccc(N)cc32)C1.C[N+](C)(C)C1CCN(CCCN2CCc3ccc(N)cc32)C1.C[N+](C)(C)C1CCN(CCN2CCc3ccc(N)cc32)C1. The van der Waals surface area contributed by atoms with E-state index in [9.17, 15) is 0 Å². The Morgan fingerprint density at radius 2 is 0.817 bits per heavy atom. The molecule has 6 heterocycles. The molecular formula is C58H107N12O+3. The first kappa shape index (κ1) is 59.7. The molecule has 0 bridgehead atoms. The highest BCUT2D eigenvalue weighted by Crippen LogP contribution is 2.32. The summed E-state index contributed by atoms with van der Waals surface area (Å²) >= 11 is 0. The molecule has 6 N–H and O–H groups in total. The molecule has 13 heteroatoms. The van der Waals surface area contributed by atoms with Gasteiger partial charge < -0.3 is 50.1 Å². The minimum atomic E-state index is 0. The van der Waals surface area contributed by atoms with Crippen molar-refractivity contribution in [3.63, 3.8) is 0 Å². The molecule has 13 nitrogen and oxygen atoms in total. The van der Waals surface area contributed by atoms with Crippen LogP contribution in [0.5, 0.6) is 0 Å². The molecule has 6 aliphatic heterocycles. The summed E-state index contributed by atoms with van der Waals surface area (Å²) in [5.74, 6) is 0. The highest BCUT2D eigenvalue weighted by Gasteiger charge is 2.34. The molecule has 0 saturated carbocycles. The number of anilines is 6. The van der Waals surface area contributed by atoms with Crippen molar-refractivity contribution < 1.29 is 18.2 Å². The van der Waals surface area contributed by atoms with Crippen molar-refractivity contribution in [2.24, 2.45) is 0 Å². The Labute approximate surface area is 435 Å². The lowest BCUT2D eigenvalue weighted by Gasteiger charge is -2.41. The van der Waals surface area contributed by atoms with Crippen LogP contribution < -0.4 is 31.9 Å². The van der Waals surface area contributed by atoms with E-state index in [1.807, 2.05) is 18.2 Å². The van der Waals surface area contributed by atoms with Gasteiger partial charge in [0, 0.05) is 125 Å². The fraction of sp³-hybridized carbons (Fsp3) is 0.690. The van der Waals surface area contributed by atoms with Crippen molar-refractivity contribution in [3.8, 4) is 0 Å². The number of likely N-dealkylation sites (tertiary alicyclic amines) is 3. The number of quaternary nitrogens is 3. The molecule has 3 saturated heterocycles. The van der Waals surface area contributed by atoms with Gasteiger partial charge in [-0.3, -0.25) is 14.7 Å². The Kier molecular flexibility index (Phi) is 22.2. The minimum absolute atomic E-state index is 0. The number of likely N-dealkylation sites (N-methyl/N-ethyl adjacent to an activating group) is 3. The van der Waals surface area contributed by atoms with Gasteiger partial charge >= 0.3 is 0 Å². The maximum atomic E-state index is 5.94. The van der Waals surface area contributed by atoms with E-state index in [1.54, 1.807) is 0 Å². The fourth-order valence-electron chi connectivity index (χ4n) is 11.5. The Balaban J connectivity index is 0.000000227. The second-order valence-corrected chi connectivity index (χ2v) is 23.8. The molecule has 0 aliphatic carbocycles. The Hall–Kier alpha value is -3.82. The lowest BCUT2D eigenvalue weighted by Crippen LogP contribution is -2.54. The van der Waals surface area contributed by atoms with Crippen LogP contribution >= 0.6 is 0 Å². The largest absolute Gasteiger partial charge is 0.399 e. The van der Waals surface area contributed by atoms with Crippen molar-refractivity contribution in [1.29, 1.82) is 0 Å². The standard InChI is InChI=1S/C20H35N4O.C18H31N4.C17H29N4.3CH4/c1-24(2,3)19-5-4-9-22(16-19)11-13-25-14-12-23-10-8-17-6-7-18(21)15-20(17)23;1-22(2,3)17-8-11-20(14-17)9-4-10-21-12-7-15-5-6-16(19)13-18(15)21;1-21(2,3)16-7-8-19(13-16)10-11-20-9-6-14-4-5-15(18)12-17(14)20;;;/h6-7,15,19H,4-5,8-14,16,21H2,1-3H3;5-6,13,17H,4,7-12,14,19H2,1-3H3;4-5,12,16H,6-11,13,18H2,1-3H3;3*1H4/q3*+1;;;. The first-order chi connectivity index (χ1) is 32.3. The second kappa shape index (κ2) is 26.4. The van der Waals surface area contributed by atoms with Crippen LogP contribution in [0.3, 0.4) is 0 Å². The van der Waals surface area contributed by atoms with Gasteiger partial charge in [-0.15, -0.1) is 0 Å². The van der Waals surface area contributed by atoms with Crippen molar-refractivity contribution in [1.82, 2.24) is 14.7 Å². The van der Waals surface area contributed by atoms with Gasteiger partial charge in [0.2, 0.25) is 0 Å².